The molecule has 148 valence electrons. The Morgan fingerprint density at radius 1 is 1.14 bits per heavy atom. The van der Waals surface area contributed by atoms with Gasteiger partial charge >= 0.3 is 0 Å². The van der Waals surface area contributed by atoms with Crippen molar-refractivity contribution in [1.29, 1.82) is 0 Å². The van der Waals surface area contributed by atoms with E-state index in [1.54, 1.807) is 30.5 Å². The summed E-state index contributed by atoms with van der Waals surface area (Å²) in [5, 5.41) is 11.4. The van der Waals surface area contributed by atoms with Gasteiger partial charge in [-0.3, -0.25) is 4.79 Å². The highest BCUT2D eigenvalue weighted by Gasteiger charge is 2.13. The first-order valence-electron chi connectivity index (χ1n) is 8.73. The van der Waals surface area contributed by atoms with Crippen LogP contribution in [0, 0.1) is 0 Å². The van der Waals surface area contributed by atoms with Crippen LogP contribution in [0.3, 0.4) is 0 Å². The zero-order valence-corrected chi connectivity index (χ0v) is 14.9. The summed E-state index contributed by atoms with van der Waals surface area (Å²) in [6, 6.07) is 14.6. The largest absolute Gasteiger partial charge is 0.395 e. The Morgan fingerprint density at radius 2 is 1.93 bits per heavy atom. The smallest absolute Gasteiger partial charge is 0.251 e. The first-order valence-corrected chi connectivity index (χ1v) is 8.73. The van der Waals surface area contributed by atoms with Crippen molar-refractivity contribution < 1.29 is 15.6 Å². The van der Waals surface area contributed by atoms with Crippen LogP contribution in [0.25, 0.3) is 33.8 Å². The lowest BCUT2D eigenvalue weighted by atomic mass is 10.1. The molecule has 0 radical (unpaired) electrons. The molecule has 1 amide bonds. The van der Waals surface area contributed by atoms with E-state index in [1.807, 2.05) is 24.3 Å². The number of imidazole rings is 1. The van der Waals surface area contributed by atoms with Crippen molar-refractivity contribution >= 4 is 22.8 Å². The van der Waals surface area contributed by atoms with Crippen molar-refractivity contribution in [2.45, 2.75) is 0 Å². The van der Waals surface area contributed by atoms with Crippen LogP contribution in [0.1, 0.15) is 16.1 Å². The van der Waals surface area contributed by atoms with E-state index < -0.39 is 0 Å². The summed E-state index contributed by atoms with van der Waals surface area (Å²) < 4.78 is 0. The van der Waals surface area contributed by atoms with Crippen molar-refractivity contribution in [2.24, 2.45) is 0 Å². The molecular weight excluding hydrogens is 356 g/mol. The van der Waals surface area contributed by atoms with E-state index in [4.69, 9.17) is 10.8 Å². The predicted molar refractivity (Wildman–Crippen MR) is 115 cm³/mol. The number of carbonyl (C=O) groups excluding carboxylic acids is 1. The Bertz CT molecular complexity index is 1120. The Labute approximate surface area is 166 Å². The number of nitrogen functional groups attached to an aromatic ring is 1. The molecular formula is C20H26N6O2. The van der Waals surface area contributed by atoms with Crippen molar-refractivity contribution in [3.05, 3.63) is 60.3 Å². The number of benzene rings is 2. The number of fused-ring (bicyclic) bond motifs is 1. The molecule has 0 aliphatic carbocycles. The van der Waals surface area contributed by atoms with Gasteiger partial charge in [0.15, 0.2) is 11.6 Å². The van der Waals surface area contributed by atoms with Crippen LogP contribution in [0.4, 0.5) is 5.82 Å². The van der Waals surface area contributed by atoms with Gasteiger partial charge < -0.3 is 21.1 Å². The predicted octanol–water partition coefficient (Wildman–Crippen LogP) is 2.98. The van der Waals surface area contributed by atoms with Crippen LogP contribution < -0.4 is 11.1 Å². The maximum atomic E-state index is 11.9. The number of H-pyrrole nitrogens is 1. The zero-order valence-electron chi connectivity index (χ0n) is 14.9. The fourth-order valence-corrected chi connectivity index (χ4v) is 2.84. The number of aromatic nitrogens is 4. The molecule has 2 aromatic heterocycles. The molecule has 28 heavy (non-hydrogen) atoms. The Balaban J connectivity index is 0.00000240. The van der Waals surface area contributed by atoms with Gasteiger partial charge in [0.25, 0.3) is 5.91 Å². The van der Waals surface area contributed by atoms with E-state index >= 15 is 0 Å². The molecule has 0 atom stereocenters. The third-order valence-electron chi connectivity index (χ3n) is 4.25. The summed E-state index contributed by atoms with van der Waals surface area (Å²) in [4.78, 5) is 28.5. The van der Waals surface area contributed by atoms with Crippen LogP contribution >= 0.6 is 0 Å². The third-order valence-corrected chi connectivity index (χ3v) is 4.25. The van der Waals surface area contributed by atoms with E-state index in [-0.39, 0.29) is 30.6 Å². The summed E-state index contributed by atoms with van der Waals surface area (Å²) in [5.74, 6) is 0.586. The number of aromatic amines is 1. The number of hydrogen-bond donors (Lipinski definition) is 4. The molecule has 2 heterocycles. The lowest BCUT2D eigenvalue weighted by Crippen LogP contribution is -2.26. The number of aliphatic hydroxyl groups excluding tert-OH is 1. The molecule has 0 unspecified atom stereocenters. The molecule has 4 aromatic rings. The second kappa shape index (κ2) is 7.45. The lowest BCUT2D eigenvalue weighted by molar-refractivity contribution is 0.0945. The topological polar surface area (TPSA) is 130 Å². The van der Waals surface area contributed by atoms with E-state index in [2.05, 4.69) is 25.3 Å². The van der Waals surface area contributed by atoms with Gasteiger partial charge in [-0.25, -0.2) is 15.0 Å². The quantitative estimate of drug-likeness (QED) is 0.420. The number of carbonyl (C=O) groups is 1. The number of hydrogen-bond acceptors (Lipinski definition) is 6. The van der Waals surface area contributed by atoms with Gasteiger partial charge in [-0.2, -0.15) is 0 Å². The van der Waals surface area contributed by atoms with E-state index in [0.717, 1.165) is 16.6 Å². The standard InChI is InChI=1S/C20H18N6O2.4H2/c21-18-17(19-25-14-3-1-2-4-15(14)26-19)24-16(11-23-18)12-5-7-13(8-6-12)20(28)22-9-10-27;;;;/h1-8,11,27H,9-10H2,(H2,21,23)(H,22,28)(H,25,26);4*1H. The maximum Gasteiger partial charge on any atom is 0.251 e. The Morgan fingerprint density at radius 3 is 2.68 bits per heavy atom. The number of nitrogens with one attached hydrogen (secondary N) is 2. The average molecular weight is 382 g/mol. The Hall–Kier alpha value is -3.78. The van der Waals surface area contributed by atoms with Gasteiger partial charge in [0.1, 0.15) is 5.69 Å². The van der Waals surface area contributed by atoms with Gasteiger partial charge in [0.05, 0.1) is 29.5 Å². The SMILES string of the molecule is Nc1ncc(-c2ccc(C(=O)NCCO)cc2)nc1-c1nc2ccccc2[nH]1.[HH].[HH].[HH].[HH]. The van der Waals surface area contributed by atoms with Crippen molar-refractivity contribution in [3.63, 3.8) is 0 Å². The summed E-state index contributed by atoms with van der Waals surface area (Å²) in [7, 11) is 0. The monoisotopic (exact) mass is 382 g/mol. The summed E-state index contributed by atoms with van der Waals surface area (Å²) in [6.07, 6.45) is 1.59. The number of nitrogens with zero attached hydrogens (tertiary/aromatic N) is 3. The highest BCUT2D eigenvalue weighted by Crippen LogP contribution is 2.26. The highest BCUT2D eigenvalue weighted by molar-refractivity contribution is 5.94. The molecule has 8 heteroatoms. The van der Waals surface area contributed by atoms with E-state index in [1.165, 1.54) is 0 Å². The molecule has 0 saturated heterocycles. The molecule has 0 bridgehead atoms. The summed E-state index contributed by atoms with van der Waals surface area (Å²) in [6.45, 7) is 0.111. The molecule has 0 saturated carbocycles. The van der Waals surface area contributed by atoms with Gasteiger partial charge in [-0.1, -0.05) is 24.3 Å². The first kappa shape index (κ1) is 17.6. The summed E-state index contributed by atoms with van der Waals surface area (Å²) >= 11 is 0. The molecule has 2 aromatic carbocycles. The zero-order chi connectivity index (χ0) is 19.5. The fraction of sp³-hybridized carbons (Fsp3) is 0.100. The number of nitrogens with two attached hydrogens (primary N) is 1. The Kier molecular flexibility index (Phi) is 4.69. The van der Waals surface area contributed by atoms with Crippen LogP contribution in [-0.2, 0) is 0 Å². The van der Waals surface area contributed by atoms with Crippen molar-refractivity contribution in [2.75, 3.05) is 18.9 Å². The maximum absolute atomic E-state index is 11.9. The number of anilines is 1. The number of rotatable bonds is 5. The minimum Gasteiger partial charge on any atom is -0.395 e. The lowest BCUT2D eigenvalue weighted by Gasteiger charge is -2.07. The molecule has 4 rings (SSSR count). The van der Waals surface area contributed by atoms with E-state index in [9.17, 15) is 4.79 Å². The second-order valence-corrected chi connectivity index (χ2v) is 6.15. The van der Waals surface area contributed by atoms with Gasteiger partial charge in [0, 0.05) is 23.4 Å². The third kappa shape index (κ3) is 3.40. The molecule has 0 aliphatic heterocycles. The van der Waals surface area contributed by atoms with Gasteiger partial charge in [-0.15, -0.1) is 0 Å². The minimum absolute atomic E-state index is 0. The van der Waals surface area contributed by atoms with Crippen LogP contribution in [0.5, 0.6) is 0 Å². The number of aliphatic hydroxyl groups is 1. The highest BCUT2D eigenvalue weighted by atomic mass is 16.3. The molecule has 0 fully saturated rings. The van der Waals surface area contributed by atoms with Crippen LogP contribution in [-0.4, -0.2) is 44.1 Å². The van der Waals surface area contributed by atoms with Gasteiger partial charge in [-0.05, 0) is 24.3 Å². The van der Waals surface area contributed by atoms with E-state index in [0.29, 0.717) is 22.8 Å². The average Bonchev–Trinajstić information content (AvgIpc) is 3.16. The minimum atomic E-state index is -0.244. The summed E-state index contributed by atoms with van der Waals surface area (Å²) in [5.41, 5.74) is 10.1. The van der Waals surface area contributed by atoms with Crippen LogP contribution in [0.2, 0.25) is 0 Å². The van der Waals surface area contributed by atoms with Crippen LogP contribution in [0.15, 0.2) is 54.7 Å². The molecule has 0 aliphatic rings. The fourth-order valence-electron chi connectivity index (χ4n) is 2.84. The number of para-hydroxylation sites is 2. The molecule has 5 N–H and O–H groups in total. The normalized spacial score (nSPS) is 10.9. The van der Waals surface area contributed by atoms with Crippen molar-refractivity contribution in [3.8, 4) is 22.8 Å². The second-order valence-electron chi connectivity index (χ2n) is 6.15. The molecule has 8 nitrogen and oxygen atoms in total. The van der Waals surface area contributed by atoms with Gasteiger partial charge in [0.2, 0.25) is 0 Å². The molecule has 0 spiro atoms. The number of amides is 1. The first-order chi connectivity index (χ1) is 13.7. The van der Waals surface area contributed by atoms with Crippen molar-refractivity contribution in [1.82, 2.24) is 25.3 Å².